The number of carbonyl (C=O) groups is 1. The number of halogens is 1. The van der Waals surface area contributed by atoms with E-state index in [9.17, 15) is 4.79 Å². The summed E-state index contributed by atoms with van der Waals surface area (Å²) in [5, 5.41) is 9.86. The Morgan fingerprint density at radius 2 is 1.97 bits per heavy atom. The molecule has 6 nitrogen and oxygen atoms in total. The molecule has 2 aromatic carbocycles. The Morgan fingerprint density at radius 3 is 2.73 bits per heavy atom. The van der Waals surface area contributed by atoms with Crippen LogP contribution in [0.3, 0.4) is 0 Å². The van der Waals surface area contributed by atoms with Crippen molar-refractivity contribution in [1.82, 2.24) is 19.7 Å². The molecular weight excluding hydrogens is 420 g/mol. The Kier molecular flexibility index (Phi) is 6.11. The van der Waals surface area contributed by atoms with Gasteiger partial charge in [-0.2, -0.15) is 0 Å². The molecule has 0 aliphatic rings. The highest BCUT2D eigenvalue weighted by Gasteiger charge is 2.18. The number of ether oxygens (including phenoxy) is 1. The van der Waals surface area contributed by atoms with Gasteiger partial charge in [-0.15, -0.1) is 10.2 Å². The number of hydrogen-bond acceptors (Lipinski definition) is 6. The predicted octanol–water partition coefficient (Wildman–Crippen LogP) is 4.97. The molecule has 0 saturated carbocycles. The number of thioether (sulfide) groups is 1. The second-order valence-corrected chi connectivity index (χ2v) is 7.69. The van der Waals surface area contributed by atoms with E-state index in [0.29, 0.717) is 27.3 Å². The van der Waals surface area contributed by atoms with Crippen LogP contribution in [0.5, 0.6) is 5.75 Å². The van der Waals surface area contributed by atoms with Crippen LogP contribution in [0.25, 0.3) is 17.1 Å². The summed E-state index contributed by atoms with van der Waals surface area (Å²) in [5.41, 5.74) is 2.21. The minimum Gasteiger partial charge on any atom is -0.497 e. The number of methoxy groups -OCH3 is 1. The molecule has 2 aromatic heterocycles. The third kappa shape index (κ3) is 4.37. The van der Waals surface area contributed by atoms with Crippen LogP contribution in [0.4, 0.5) is 0 Å². The summed E-state index contributed by atoms with van der Waals surface area (Å²) in [6.07, 6.45) is 3.42. The van der Waals surface area contributed by atoms with Crippen molar-refractivity contribution in [2.24, 2.45) is 0 Å². The Labute approximate surface area is 182 Å². The van der Waals surface area contributed by atoms with Gasteiger partial charge in [0, 0.05) is 28.5 Å². The van der Waals surface area contributed by atoms with E-state index < -0.39 is 0 Å². The van der Waals surface area contributed by atoms with Crippen LogP contribution in [0.2, 0.25) is 5.02 Å². The fourth-order valence-corrected chi connectivity index (χ4v) is 3.93. The third-order valence-electron chi connectivity index (χ3n) is 4.34. The summed E-state index contributed by atoms with van der Waals surface area (Å²) < 4.78 is 7.09. The normalized spacial score (nSPS) is 10.7. The van der Waals surface area contributed by atoms with E-state index in [0.717, 1.165) is 11.3 Å². The molecule has 8 heteroatoms. The molecule has 0 bridgehead atoms. The molecule has 150 valence electrons. The van der Waals surface area contributed by atoms with E-state index in [-0.39, 0.29) is 11.5 Å². The lowest BCUT2D eigenvalue weighted by Gasteiger charge is -2.10. The molecule has 4 rings (SSSR count). The molecule has 0 unspecified atom stereocenters. The molecule has 0 aliphatic carbocycles. The summed E-state index contributed by atoms with van der Waals surface area (Å²) in [4.78, 5) is 16.9. The molecule has 0 amide bonds. The maximum Gasteiger partial charge on any atom is 0.196 e. The molecule has 0 fully saturated rings. The summed E-state index contributed by atoms with van der Waals surface area (Å²) in [7, 11) is 1.58. The van der Waals surface area contributed by atoms with E-state index in [1.807, 2.05) is 34.9 Å². The van der Waals surface area contributed by atoms with Gasteiger partial charge >= 0.3 is 0 Å². The summed E-state index contributed by atoms with van der Waals surface area (Å²) in [5.74, 6) is 1.45. The zero-order valence-corrected chi connectivity index (χ0v) is 17.6. The molecule has 0 radical (unpaired) electrons. The fourth-order valence-electron chi connectivity index (χ4n) is 2.90. The minimum atomic E-state index is -0.0255. The van der Waals surface area contributed by atoms with Gasteiger partial charge in [0.15, 0.2) is 16.8 Å². The monoisotopic (exact) mass is 436 g/mol. The van der Waals surface area contributed by atoms with Crippen molar-refractivity contribution in [2.45, 2.75) is 5.16 Å². The van der Waals surface area contributed by atoms with Crippen molar-refractivity contribution in [1.29, 1.82) is 0 Å². The fraction of sp³-hybridized carbons (Fsp3) is 0.0909. The first-order valence-electron chi connectivity index (χ1n) is 9.07. The van der Waals surface area contributed by atoms with Crippen molar-refractivity contribution < 1.29 is 9.53 Å². The highest BCUT2D eigenvalue weighted by molar-refractivity contribution is 7.99. The highest BCUT2D eigenvalue weighted by atomic mass is 35.5. The number of Topliss-reactive ketones (excluding diaryl/α,β-unsaturated/α-hetero) is 1. The van der Waals surface area contributed by atoms with Gasteiger partial charge in [0.05, 0.1) is 18.6 Å². The number of aromatic nitrogens is 4. The Balaban J connectivity index is 1.66. The maximum absolute atomic E-state index is 12.7. The van der Waals surface area contributed by atoms with Crippen LogP contribution >= 0.6 is 23.4 Å². The highest BCUT2D eigenvalue weighted by Crippen LogP contribution is 2.29. The van der Waals surface area contributed by atoms with Crippen LogP contribution in [0.1, 0.15) is 10.4 Å². The topological polar surface area (TPSA) is 69.9 Å². The summed E-state index contributed by atoms with van der Waals surface area (Å²) in [6, 6.07) is 18.3. The van der Waals surface area contributed by atoms with E-state index in [1.165, 1.54) is 11.8 Å². The average molecular weight is 437 g/mol. The first-order chi connectivity index (χ1) is 14.7. The van der Waals surface area contributed by atoms with Gasteiger partial charge in [0.1, 0.15) is 5.75 Å². The first kappa shape index (κ1) is 20.1. The van der Waals surface area contributed by atoms with Crippen molar-refractivity contribution in [3.8, 4) is 22.8 Å². The van der Waals surface area contributed by atoms with Crippen molar-refractivity contribution in [3.05, 3.63) is 83.6 Å². The molecule has 4 aromatic rings. The molecule has 0 atom stereocenters. The van der Waals surface area contributed by atoms with Gasteiger partial charge in [-0.25, -0.2) is 0 Å². The van der Waals surface area contributed by atoms with Gasteiger partial charge in [-0.05, 0) is 42.5 Å². The molecule has 0 N–H and O–H groups in total. The number of benzene rings is 2. The van der Waals surface area contributed by atoms with Crippen molar-refractivity contribution in [3.63, 3.8) is 0 Å². The molecule has 2 heterocycles. The van der Waals surface area contributed by atoms with Crippen LogP contribution in [0.15, 0.2) is 78.2 Å². The standard InChI is InChI=1S/C22H17ClN4O2S/c1-29-19-9-2-5-15(11-19)20(28)14-30-22-26-25-21(16-6-4-10-24-13-16)27(22)18-8-3-7-17(23)12-18/h2-13H,14H2,1H3. The maximum atomic E-state index is 12.7. The lowest BCUT2D eigenvalue weighted by atomic mass is 10.1. The second-order valence-electron chi connectivity index (χ2n) is 6.31. The predicted molar refractivity (Wildman–Crippen MR) is 118 cm³/mol. The molecular formula is C22H17ClN4O2S. The SMILES string of the molecule is COc1cccc(C(=O)CSc2nnc(-c3cccnc3)n2-c2cccc(Cl)c2)c1. The van der Waals surface area contributed by atoms with Crippen LogP contribution in [0, 0.1) is 0 Å². The first-order valence-corrected chi connectivity index (χ1v) is 10.4. The largest absolute Gasteiger partial charge is 0.497 e. The van der Waals surface area contributed by atoms with Gasteiger partial charge in [-0.1, -0.05) is 41.6 Å². The minimum absolute atomic E-state index is 0.0255. The summed E-state index contributed by atoms with van der Waals surface area (Å²) >= 11 is 7.52. The average Bonchev–Trinajstić information content (AvgIpc) is 3.22. The molecule has 0 aliphatic heterocycles. The number of hydrogen-bond donors (Lipinski definition) is 0. The van der Waals surface area contributed by atoms with E-state index in [2.05, 4.69) is 15.2 Å². The van der Waals surface area contributed by atoms with Crippen molar-refractivity contribution in [2.75, 3.05) is 12.9 Å². The van der Waals surface area contributed by atoms with Gasteiger partial charge in [0.2, 0.25) is 0 Å². The Morgan fingerprint density at radius 1 is 1.10 bits per heavy atom. The van der Waals surface area contributed by atoms with Gasteiger partial charge in [0.25, 0.3) is 0 Å². The van der Waals surface area contributed by atoms with Crippen LogP contribution in [-0.4, -0.2) is 38.4 Å². The zero-order chi connectivity index (χ0) is 20.9. The van der Waals surface area contributed by atoms with E-state index in [1.54, 1.807) is 49.8 Å². The number of rotatable bonds is 7. The van der Waals surface area contributed by atoms with Crippen LogP contribution in [-0.2, 0) is 0 Å². The second kappa shape index (κ2) is 9.11. The smallest absolute Gasteiger partial charge is 0.196 e. The van der Waals surface area contributed by atoms with E-state index in [4.69, 9.17) is 16.3 Å². The molecule has 0 saturated heterocycles. The van der Waals surface area contributed by atoms with Gasteiger partial charge in [-0.3, -0.25) is 14.3 Å². The van der Waals surface area contributed by atoms with Gasteiger partial charge < -0.3 is 4.74 Å². The molecule has 30 heavy (non-hydrogen) atoms. The number of nitrogens with zero attached hydrogens (tertiary/aromatic N) is 4. The molecule has 0 spiro atoms. The quantitative estimate of drug-likeness (QED) is 0.301. The third-order valence-corrected chi connectivity index (χ3v) is 5.51. The summed E-state index contributed by atoms with van der Waals surface area (Å²) in [6.45, 7) is 0. The van der Waals surface area contributed by atoms with Crippen molar-refractivity contribution >= 4 is 29.1 Å². The van der Waals surface area contributed by atoms with Crippen LogP contribution < -0.4 is 4.74 Å². The van der Waals surface area contributed by atoms with E-state index >= 15 is 0 Å². The lowest BCUT2D eigenvalue weighted by Crippen LogP contribution is -2.05. The number of ketones is 1. The lowest BCUT2D eigenvalue weighted by molar-refractivity contribution is 0.102. The number of pyridine rings is 1. The Bertz CT molecular complexity index is 1180. The Hall–Kier alpha value is -3.16. The number of carbonyl (C=O) groups excluding carboxylic acids is 1. The zero-order valence-electron chi connectivity index (χ0n) is 16.0.